The Morgan fingerprint density at radius 3 is 2.45 bits per heavy atom. The molecule has 2 N–H and O–H groups in total. The van der Waals surface area contributed by atoms with Gasteiger partial charge in [0.05, 0.1) is 20.2 Å². The molecule has 0 saturated carbocycles. The molecule has 0 aromatic heterocycles. The maximum Gasteiger partial charge on any atom is 0.180 e. The molecule has 1 fully saturated rings. The molecule has 68 valence electrons. The average molecular weight is 273 g/mol. The summed E-state index contributed by atoms with van der Waals surface area (Å²) in [6, 6.07) is 0.269. The van der Waals surface area contributed by atoms with Crippen molar-refractivity contribution in [3.63, 3.8) is 0 Å². The number of quaternary nitrogens is 1. The number of hydrogen-bond acceptors (Lipinski definition) is 2. The van der Waals surface area contributed by atoms with Crippen LogP contribution in [0.4, 0.5) is 0 Å². The number of nitrogens with zero attached hydrogens (tertiary/aromatic N) is 1. The van der Waals surface area contributed by atoms with Crippen LogP contribution in [0.3, 0.4) is 0 Å². The zero-order chi connectivity index (χ0) is 7.61. The van der Waals surface area contributed by atoms with Crippen LogP contribution in [0.1, 0.15) is 12.8 Å². The summed E-state index contributed by atoms with van der Waals surface area (Å²) in [5.41, 5.74) is 0. The van der Waals surface area contributed by atoms with Crippen molar-refractivity contribution in [2.75, 3.05) is 26.9 Å². The van der Waals surface area contributed by atoms with Crippen molar-refractivity contribution in [3.8, 4) is 0 Å². The highest BCUT2D eigenvalue weighted by molar-refractivity contribution is 4.64. The number of halogens is 1. The molecule has 1 aliphatic rings. The summed E-state index contributed by atoms with van der Waals surface area (Å²) in [7, 11) is 1.99. The minimum atomic E-state index is 0. The predicted octanol–water partition coefficient (Wildman–Crippen LogP) is -3.46. The van der Waals surface area contributed by atoms with Crippen LogP contribution in [0.25, 0.3) is 0 Å². The third-order valence-corrected chi connectivity index (χ3v) is 2.62. The number of aliphatic hydroxyl groups is 2. The van der Waals surface area contributed by atoms with E-state index in [1.165, 1.54) is 0 Å². The van der Waals surface area contributed by atoms with Gasteiger partial charge in [0.15, 0.2) is 6.73 Å². The standard InChI is InChI=1S/C7H16NO2.HI/c1-8(6-10)4-2-3-7(8)5-9;/h7,9-10H,2-6H2,1H3;1H/q+1;/p-1. The van der Waals surface area contributed by atoms with E-state index in [2.05, 4.69) is 0 Å². The lowest BCUT2D eigenvalue weighted by Crippen LogP contribution is -3.00. The minimum absolute atomic E-state index is 0. The molecule has 4 heteroatoms. The Morgan fingerprint density at radius 2 is 2.09 bits per heavy atom. The molecule has 11 heavy (non-hydrogen) atoms. The smallest absolute Gasteiger partial charge is 0.180 e. The Morgan fingerprint density at radius 1 is 1.45 bits per heavy atom. The molecule has 0 aromatic rings. The van der Waals surface area contributed by atoms with Gasteiger partial charge < -0.3 is 34.2 Å². The van der Waals surface area contributed by atoms with Gasteiger partial charge in [-0.2, -0.15) is 0 Å². The van der Waals surface area contributed by atoms with E-state index >= 15 is 0 Å². The van der Waals surface area contributed by atoms with E-state index in [1.807, 2.05) is 7.05 Å². The van der Waals surface area contributed by atoms with Crippen molar-refractivity contribution in [2.24, 2.45) is 0 Å². The maximum absolute atomic E-state index is 8.99. The van der Waals surface area contributed by atoms with Crippen LogP contribution < -0.4 is 24.0 Å². The first-order valence-corrected chi connectivity index (χ1v) is 3.79. The maximum atomic E-state index is 8.99. The summed E-state index contributed by atoms with van der Waals surface area (Å²) in [4.78, 5) is 0. The number of hydrogen-bond donors (Lipinski definition) is 2. The molecular weight excluding hydrogens is 257 g/mol. The first kappa shape index (κ1) is 11.6. The topological polar surface area (TPSA) is 40.5 Å². The van der Waals surface area contributed by atoms with Gasteiger partial charge in [-0.05, 0) is 0 Å². The van der Waals surface area contributed by atoms with E-state index < -0.39 is 0 Å². The summed E-state index contributed by atoms with van der Waals surface area (Å²) in [5.74, 6) is 0. The van der Waals surface area contributed by atoms with Crippen molar-refractivity contribution in [1.29, 1.82) is 0 Å². The molecule has 2 atom stereocenters. The molecule has 1 aliphatic heterocycles. The molecule has 3 nitrogen and oxygen atoms in total. The molecule has 0 aromatic carbocycles. The van der Waals surface area contributed by atoms with Crippen molar-refractivity contribution in [3.05, 3.63) is 0 Å². The van der Waals surface area contributed by atoms with Crippen molar-refractivity contribution in [2.45, 2.75) is 18.9 Å². The van der Waals surface area contributed by atoms with Crippen molar-refractivity contribution < 1.29 is 38.7 Å². The molecule has 0 spiro atoms. The van der Waals surface area contributed by atoms with Crippen LogP contribution >= 0.6 is 0 Å². The number of likely N-dealkylation sites (tertiary alicyclic amines) is 1. The van der Waals surface area contributed by atoms with E-state index in [0.717, 1.165) is 19.4 Å². The molecule has 1 rings (SSSR count). The van der Waals surface area contributed by atoms with Gasteiger partial charge in [0.1, 0.15) is 6.04 Å². The summed E-state index contributed by atoms with van der Waals surface area (Å²) in [6.45, 7) is 1.37. The van der Waals surface area contributed by atoms with Crippen LogP contribution in [0, 0.1) is 0 Å². The van der Waals surface area contributed by atoms with E-state index in [1.54, 1.807) is 0 Å². The minimum Gasteiger partial charge on any atom is -1.00 e. The zero-order valence-corrected chi connectivity index (χ0v) is 8.99. The fraction of sp³-hybridized carbons (Fsp3) is 1.00. The van der Waals surface area contributed by atoms with Gasteiger partial charge in [0.25, 0.3) is 0 Å². The van der Waals surface area contributed by atoms with Crippen LogP contribution in [-0.2, 0) is 0 Å². The molecule has 0 bridgehead atoms. The monoisotopic (exact) mass is 273 g/mol. The van der Waals surface area contributed by atoms with E-state index in [-0.39, 0.29) is 43.4 Å². The first-order valence-electron chi connectivity index (χ1n) is 3.79. The first-order chi connectivity index (χ1) is 4.73. The summed E-state index contributed by atoms with van der Waals surface area (Å²) < 4.78 is 0.635. The highest BCUT2D eigenvalue weighted by atomic mass is 127. The Hall–Kier alpha value is 0.610. The molecular formula is C7H16INO2. The van der Waals surface area contributed by atoms with E-state index in [0.29, 0.717) is 4.48 Å². The summed E-state index contributed by atoms with van der Waals surface area (Å²) in [6.07, 6.45) is 2.18. The lowest BCUT2D eigenvalue weighted by molar-refractivity contribution is -0.938. The number of rotatable bonds is 2. The van der Waals surface area contributed by atoms with Gasteiger partial charge in [-0.15, -0.1) is 0 Å². The molecule has 1 saturated heterocycles. The van der Waals surface area contributed by atoms with Crippen LogP contribution in [0.15, 0.2) is 0 Å². The van der Waals surface area contributed by atoms with Gasteiger partial charge in [-0.1, -0.05) is 0 Å². The molecule has 0 amide bonds. The SMILES string of the molecule is C[N+]1(CO)CCCC1CO.[I-]. The van der Waals surface area contributed by atoms with Gasteiger partial charge >= 0.3 is 0 Å². The predicted molar refractivity (Wildman–Crippen MR) is 38.2 cm³/mol. The van der Waals surface area contributed by atoms with E-state index in [4.69, 9.17) is 10.2 Å². The fourth-order valence-corrected chi connectivity index (χ4v) is 1.66. The number of aliphatic hydroxyl groups excluding tert-OH is 2. The second-order valence-corrected chi connectivity index (χ2v) is 3.32. The van der Waals surface area contributed by atoms with Gasteiger partial charge in [-0.3, -0.25) is 4.48 Å². The molecule has 0 aliphatic carbocycles. The molecule has 2 unspecified atom stereocenters. The van der Waals surface area contributed by atoms with E-state index in [9.17, 15) is 0 Å². The normalized spacial score (nSPS) is 36.8. The van der Waals surface area contributed by atoms with Crippen molar-refractivity contribution in [1.82, 2.24) is 0 Å². The zero-order valence-electron chi connectivity index (χ0n) is 6.83. The second-order valence-electron chi connectivity index (χ2n) is 3.32. The van der Waals surface area contributed by atoms with Crippen LogP contribution in [-0.4, -0.2) is 47.7 Å². The quantitative estimate of drug-likeness (QED) is 0.406. The Labute approximate surface area is 84.6 Å². The van der Waals surface area contributed by atoms with Crippen LogP contribution in [0.2, 0.25) is 0 Å². The van der Waals surface area contributed by atoms with Crippen molar-refractivity contribution >= 4 is 0 Å². The lowest BCUT2D eigenvalue weighted by atomic mass is 10.2. The fourth-order valence-electron chi connectivity index (χ4n) is 1.66. The summed E-state index contributed by atoms with van der Waals surface area (Å²) in [5, 5.41) is 17.9. The Balaban J connectivity index is 0.000001000. The van der Waals surface area contributed by atoms with Gasteiger partial charge in [-0.25, -0.2) is 0 Å². The lowest BCUT2D eigenvalue weighted by Gasteiger charge is -2.32. The Kier molecular flexibility index (Phi) is 4.85. The van der Waals surface area contributed by atoms with Gasteiger partial charge in [0.2, 0.25) is 0 Å². The van der Waals surface area contributed by atoms with Crippen LogP contribution in [0.5, 0.6) is 0 Å². The Bertz CT molecular complexity index is 123. The third kappa shape index (κ3) is 2.27. The highest BCUT2D eigenvalue weighted by Gasteiger charge is 2.36. The third-order valence-electron chi connectivity index (χ3n) is 2.62. The molecule has 1 heterocycles. The second kappa shape index (κ2) is 4.59. The highest BCUT2D eigenvalue weighted by Crippen LogP contribution is 2.22. The van der Waals surface area contributed by atoms with Gasteiger partial charge in [0, 0.05) is 12.8 Å². The molecule has 0 radical (unpaired) electrons. The summed E-state index contributed by atoms with van der Waals surface area (Å²) >= 11 is 0. The average Bonchev–Trinajstić information content (AvgIpc) is 2.32. The largest absolute Gasteiger partial charge is 1.00 e. The number of likely N-dealkylation sites (N-methyl/N-ethyl adjacent to an activating group) is 1.